The maximum Gasteiger partial charge on any atom is 0.416 e. The van der Waals surface area contributed by atoms with Crippen molar-refractivity contribution in [1.29, 1.82) is 0 Å². The second kappa shape index (κ2) is 20.8. The molecule has 0 radical (unpaired) electrons. The zero-order valence-electron chi connectivity index (χ0n) is 40.0. The number of hydrogen-bond acceptors (Lipinski definition) is 15. The molecule has 1 saturated heterocycles. The monoisotopic (exact) mass is 966 g/mol. The summed E-state index contributed by atoms with van der Waals surface area (Å²) in [5.41, 5.74) is -1.02. The number of piperazine rings is 1. The lowest BCUT2D eigenvalue weighted by Crippen LogP contribution is -2.46. The van der Waals surface area contributed by atoms with Crippen molar-refractivity contribution >= 4 is 40.3 Å². The van der Waals surface area contributed by atoms with Gasteiger partial charge in [0.1, 0.15) is 23.4 Å². The molecule has 0 aromatic heterocycles. The topological polar surface area (TPSA) is 220 Å². The third kappa shape index (κ3) is 10.9. The van der Waals surface area contributed by atoms with Gasteiger partial charge in [0.15, 0.2) is 5.75 Å². The Hall–Kier alpha value is -6.15. The summed E-state index contributed by atoms with van der Waals surface area (Å²) in [4.78, 5) is 42.8. The highest BCUT2D eigenvalue weighted by atomic mass is 19.4. The van der Waals surface area contributed by atoms with Crippen LogP contribution in [0.4, 0.5) is 18.9 Å². The van der Waals surface area contributed by atoms with Gasteiger partial charge in [0.25, 0.3) is 11.7 Å². The summed E-state index contributed by atoms with van der Waals surface area (Å²) in [5, 5.41) is 67.0. The van der Waals surface area contributed by atoms with Gasteiger partial charge in [0.2, 0.25) is 0 Å². The molecule has 4 aliphatic heterocycles. The number of aliphatic hydroxyl groups excluding tert-OH is 2. The molecule has 3 aromatic carbocycles. The number of anilines is 1. The number of carbonyl (C=O) groups excluding carboxylic acids is 3. The quantitative estimate of drug-likeness (QED) is 0.0639. The van der Waals surface area contributed by atoms with E-state index in [0.717, 1.165) is 18.4 Å². The number of carbonyl (C=O) groups is 3. The van der Waals surface area contributed by atoms with Crippen LogP contribution in [-0.4, -0.2) is 123 Å². The molecule has 9 atom stereocenters. The number of aromatic hydroxyl groups is 3. The van der Waals surface area contributed by atoms with Gasteiger partial charge < -0.3 is 49.8 Å². The lowest BCUT2D eigenvalue weighted by atomic mass is 9.78. The summed E-state index contributed by atoms with van der Waals surface area (Å²) in [6, 6.07) is 5.11. The van der Waals surface area contributed by atoms with Crippen LogP contribution in [-0.2, 0) is 36.5 Å². The lowest BCUT2D eigenvalue weighted by molar-refractivity contribution is -0.160. The SMILES string of the molecule is CO[C@@H]1C=CO[C@@]2(C)Oc3c(C)c(O)c4c(O)c(c(C=NN5CCN(Cc6cccc(C(F)(F)F)c6)CC5)c(O)c4c3C2=O)NC(=O)C(C)=CC=C[C@H](C)[C@H](O)[C@H](C)[C@H](O)[C@H](C)[C@H](OC(C)=O)[C@@H]1C. The van der Waals surface area contributed by atoms with Gasteiger partial charge in [-0.25, -0.2) is 0 Å². The number of amides is 1. The third-order valence-corrected chi connectivity index (χ3v) is 13.4. The molecule has 69 heavy (non-hydrogen) atoms. The zero-order chi connectivity index (χ0) is 50.9. The molecule has 4 aliphatic rings. The first-order chi connectivity index (χ1) is 32.4. The van der Waals surface area contributed by atoms with E-state index < -0.39 is 101 Å². The third-order valence-electron chi connectivity index (χ3n) is 13.4. The van der Waals surface area contributed by atoms with E-state index in [1.807, 2.05) is 4.90 Å². The highest BCUT2D eigenvalue weighted by Gasteiger charge is 2.50. The Kier molecular flexibility index (Phi) is 15.8. The number of alkyl halides is 3. The molecule has 0 unspecified atom stereocenters. The molecule has 374 valence electrons. The van der Waals surface area contributed by atoms with Crippen LogP contribution in [0.1, 0.15) is 81.1 Å². The van der Waals surface area contributed by atoms with Gasteiger partial charge in [-0.2, -0.15) is 18.3 Å². The standard InChI is InChI=1S/C50H61F3N4O12/c1-25-12-10-13-26(2)48(65)55-39-34(23-54-57-19-17-56(18-20-57)24-32-14-11-15-33(22-32)50(51,52)53)43(62)36-37(44(39)63)42(61)30(6)46-38(36)47(64)49(8,69-46)67-21-16-35(66-9)27(3)45(68-31(7)58)29(5)41(60)28(4)40(25)59/h10-16,21-23,25,27-29,35,40-41,45,59-63H,17-20,24H2,1-9H3,(H,55,65)/t25-,27+,28-,29-,35+,40-,41-,45+,49-/m0/s1. The normalized spacial score (nSPS) is 27.7. The maximum absolute atomic E-state index is 14.6. The Bertz CT molecular complexity index is 2570. The van der Waals surface area contributed by atoms with Crippen molar-refractivity contribution in [1.82, 2.24) is 9.91 Å². The van der Waals surface area contributed by atoms with Crippen molar-refractivity contribution in [3.63, 3.8) is 0 Å². The molecule has 3 aromatic rings. The zero-order valence-corrected chi connectivity index (χ0v) is 40.0. The number of methoxy groups -OCH3 is 1. The van der Waals surface area contributed by atoms with Crippen molar-refractivity contribution in [2.24, 2.45) is 28.8 Å². The van der Waals surface area contributed by atoms with E-state index >= 15 is 0 Å². The van der Waals surface area contributed by atoms with Crippen molar-refractivity contribution in [2.75, 3.05) is 38.6 Å². The minimum absolute atomic E-state index is 0.00372. The predicted molar refractivity (Wildman–Crippen MR) is 250 cm³/mol. The number of esters is 1. The molecule has 4 heterocycles. The first-order valence-corrected chi connectivity index (χ1v) is 22.6. The summed E-state index contributed by atoms with van der Waals surface area (Å²) >= 11 is 0. The smallest absolute Gasteiger partial charge is 0.416 e. The number of hydrazone groups is 1. The molecule has 1 fully saturated rings. The molecule has 16 nitrogen and oxygen atoms in total. The van der Waals surface area contributed by atoms with E-state index in [2.05, 4.69) is 10.4 Å². The summed E-state index contributed by atoms with van der Waals surface area (Å²) in [6.07, 6.45) is -0.100. The van der Waals surface area contributed by atoms with Gasteiger partial charge in [0.05, 0.1) is 58.6 Å². The molecule has 0 aliphatic carbocycles. The maximum atomic E-state index is 14.6. The highest BCUT2D eigenvalue weighted by Crippen LogP contribution is 2.55. The fraction of sp³-hybridized carbons (Fsp3) is 0.480. The fourth-order valence-electron chi connectivity index (χ4n) is 9.13. The second-order valence-electron chi connectivity index (χ2n) is 18.3. The largest absolute Gasteiger partial charge is 0.507 e. The summed E-state index contributed by atoms with van der Waals surface area (Å²) < 4.78 is 63.8. The first-order valence-electron chi connectivity index (χ1n) is 22.6. The van der Waals surface area contributed by atoms with Crippen molar-refractivity contribution < 1.29 is 72.0 Å². The number of ether oxygens (including phenoxy) is 4. The van der Waals surface area contributed by atoms with E-state index in [1.165, 1.54) is 59.2 Å². The number of phenolic OH excluding ortho intramolecular Hbond substituents is 3. The van der Waals surface area contributed by atoms with E-state index in [0.29, 0.717) is 31.7 Å². The van der Waals surface area contributed by atoms with Gasteiger partial charge in [-0.05, 0) is 31.6 Å². The minimum Gasteiger partial charge on any atom is -0.507 e. The molecule has 6 N–H and O–H groups in total. The predicted octanol–water partition coefficient (Wildman–Crippen LogP) is 6.92. The Morgan fingerprint density at radius 3 is 2.28 bits per heavy atom. The van der Waals surface area contributed by atoms with Gasteiger partial charge >= 0.3 is 17.9 Å². The molecule has 7 rings (SSSR count). The molecular weight excluding hydrogens is 906 g/mol. The number of rotatable bonds is 6. The van der Waals surface area contributed by atoms with Crippen molar-refractivity contribution in [3.05, 3.63) is 88.2 Å². The van der Waals surface area contributed by atoms with Crippen molar-refractivity contribution in [3.8, 4) is 23.0 Å². The van der Waals surface area contributed by atoms with Crippen LogP contribution in [0, 0.1) is 30.6 Å². The minimum atomic E-state index is -4.48. The Morgan fingerprint density at radius 1 is 0.957 bits per heavy atom. The fourth-order valence-corrected chi connectivity index (χ4v) is 9.13. The number of aliphatic hydroxyl groups is 2. The average molecular weight is 967 g/mol. The summed E-state index contributed by atoms with van der Waals surface area (Å²) in [7, 11) is 1.41. The van der Waals surface area contributed by atoms with Crippen LogP contribution in [0.25, 0.3) is 10.8 Å². The highest BCUT2D eigenvalue weighted by molar-refractivity contribution is 6.23. The number of Topliss-reactive ketones (excluding diaryl/α,β-unsaturated/α-hetero) is 1. The molecule has 0 spiro atoms. The Labute approximate surface area is 398 Å². The number of phenols is 3. The lowest BCUT2D eigenvalue weighted by Gasteiger charge is -2.38. The number of nitrogens with zero attached hydrogens (tertiary/aromatic N) is 3. The summed E-state index contributed by atoms with van der Waals surface area (Å²) in [5.74, 6) is -9.08. The number of ketones is 1. The number of allylic oxidation sites excluding steroid dienone is 2. The molecule has 5 bridgehead atoms. The van der Waals surface area contributed by atoms with E-state index in [4.69, 9.17) is 18.9 Å². The van der Waals surface area contributed by atoms with Crippen LogP contribution in [0.3, 0.4) is 0 Å². The van der Waals surface area contributed by atoms with Crippen LogP contribution in [0.15, 0.2) is 65.5 Å². The Balaban J connectivity index is 1.43. The van der Waals surface area contributed by atoms with Crippen LogP contribution >= 0.6 is 0 Å². The Morgan fingerprint density at radius 2 is 1.64 bits per heavy atom. The first kappa shape index (κ1) is 52.2. The molecule has 1 amide bonds. The molecular formula is C50H61F3N4O12. The van der Waals surface area contributed by atoms with E-state index in [1.54, 1.807) is 50.9 Å². The van der Waals surface area contributed by atoms with Crippen LogP contribution < -0.4 is 10.1 Å². The van der Waals surface area contributed by atoms with Gasteiger partial charge in [-0.15, -0.1) is 0 Å². The van der Waals surface area contributed by atoms with Gasteiger partial charge in [-0.1, -0.05) is 64.1 Å². The number of halogens is 3. The van der Waals surface area contributed by atoms with Crippen LogP contribution in [0.5, 0.6) is 23.0 Å². The number of nitrogens with one attached hydrogen (secondary N) is 1. The summed E-state index contributed by atoms with van der Waals surface area (Å²) in [6.45, 7) is 13.9. The number of fused-ring (bicyclic) bond motifs is 14. The van der Waals surface area contributed by atoms with Gasteiger partial charge in [0, 0.05) is 93.9 Å². The van der Waals surface area contributed by atoms with Crippen LogP contribution in [0.2, 0.25) is 0 Å². The molecule has 19 heteroatoms. The van der Waals surface area contributed by atoms with Crippen molar-refractivity contribution in [2.45, 2.75) is 98.3 Å². The molecule has 0 saturated carbocycles. The van der Waals surface area contributed by atoms with E-state index in [9.17, 15) is 53.1 Å². The average Bonchev–Trinajstić information content (AvgIpc) is 3.57. The van der Waals surface area contributed by atoms with Gasteiger partial charge in [-0.3, -0.25) is 24.3 Å². The second-order valence-corrected chi connectivity index (χ2v) is 18.3. The van der Waals surface area contributed by atoms with E-state index in [-0.39, 0.29) is 51.0 Å². The number of hydrogen-bond donors (Lipinski definition) is 6. The number of benzene rings is 3.